The first-order valence-electron chi connectivity index (χ1n) is 8.92. The van der Waals surface area contributed by atoms with Crippen molar-refractivity contribution < 1.29 is 14.3 Å². The summed E-state index contributed by atoms with van der Waals surface area (Å²) in [4.78, 5) is 25.8. The van der Waals surface area contributed by atoms with Crippen LogP contribution in [0, 0.1) is 5.92 Å². The summed E-state index contributed by atoms with van der Waals surface area (Å²) in [5.41, 5.74) is 0.316. The Labute approximate surface area is 154 Å². The molecule has 1 heterocycles. The fourth-order valence-corrected chi connectivity index (χ4v) is 2.83. The maximum atomic E-state index is 12.9. The SMILES string of the molecule is CCC(C)NC(=O)c1cn(CC(C)C)c(=O)c2cc(OC)c(OC)cc12. The van der Waals surface area contributed by atoms with Crippen LogP contribution >= 0.6 is 0 Å². The zero-order valence-corrected chi connectivity index (χ0v) is 16.4. The lowest BCUT2D eigenvalue weighted by molar-refractivity contribution is 0.0940. The summed E-state index contributed by atoms with van der Waals surface area (Å²) in [6.07, 6.45) is 2.47. The van der Waals surface area contributed by atoms with Gasteiger partial charge in [0.25, 0.3) is 11.5 Å². The summed E-state index contributed by atoms with van der Waals surface area (Å²) in [7, 11) is 3.05. The number of aromatic nitrogens is 1. The Balaban J connectivity index is 2.76. The highest BCUT2D eigenvalue weighted by atomic mass is 16.5. The molecule has 0 spiro atoms. The molecule has 142 valence electrons. The number of hydrogen-bond donors (Lipinski definition) is 1. The van der Waals surface area contributed by atoms with Gasteiger partial charge < -0.3 is 19.4 Å². The van der Waals surface area contributed by atoms with Crippen LogP contribution in [0.3, 0.4) is 0 Å². The molecule has 0 bridgehead atoms. The Morgan fingerprint density at radius 3 is 2.19 bits per heavy atom. The minimum atomic E-state index is -0.200. The van der Waals surface area contributed by atoms with Gasteiger partial charge in [0.15, 0.2) is 11.5 Å². The van der Waals surface area contributed by atoms with E-state index >= 15 is 0 Å². The standard InChI is InChI=1S/C20H28N2O4/c1-7-13(4)21-19(23)16-11-22(10-12(2)3)20(24)15-9-18(26-6)17(25-5)8-14(15)16/h8-9,11-13H,7,10H2,1-6H3,(H,21,23). The quantitative estimate of drug-likeness (QED) is 0.823. The number of benzene rings is 1. The number of fused-ring (bicyclic) bond motifs is 1. The molecule has 0 fully saturated rings. The summed E-state index contributed by atoms with van der Waals surface area (Å²) in [5.74, 6) is 1.02. The molecular weight excluding hydrogens is 332 g/mol. The van der Waals surface area contributed by atoms with Crippen LogP contribution in [0.1, 0.15) is 44.5 Å². The molecule has 2 aromatic rings. The molecule has 2 rings (SSSR count). The average Bonchev–Trinajstić information content (AvgIpc) is 2.62. The van der Waals surface area contributed by atoms with E-state index < -0.39 is 0 Å². The molecular formula is C20H28N2O4. The van der Waals surface area contributed by atoms with Crippen molar-refractivity contribution in [2.24, 2.45) is 5.92 Å². The minimum absolute atomic E-state index is 0.0446. The van der Waals surface area contributed by atoms with Crippen LogP contribution in [-0.2, 0) is 6.54 Å². The molecule has 0 aliphatic heterocycles. The number of pyridine rings is 1. The molecule has 0 saturated heterocycles. The predicted molar refractivity (Wildman–Crippen MR) is 103 cm³/mol. The Bertz CT molecular complexity index is 855. The zero-order chi connectivity index (χ0) is 19.4. The van der Waals surface area contributed by atoms with Crippen molar-refractivity contribution in [1.82, 2.24) is 9.88 Å². The van der Waals surface area contributed by atoms with E-state index in [1.807, 2.05) is 27.7 Å². The first kappa shape index (κ1) is 19.8. The number of amides is 1. The Kier molecular flexibility index (Phi) is 6.29. The number of carbonyl (C=O) groups is 1. The smallest absolute Gasteiger partial charge is 0.258 e. The lowest BCUT2D eigenvalue weighted by Crippen LogP contribution is -2.33. The summed E-state index contributed by atoms with van der Waals surface area (Å²) in [6.45, 7) is 8.56. The highest BCUT2D eigenvalue weighted by Gasteiger charge is 2.19. The monoisotopic (exact) mass is 360 g/mol. The topological polar surface area (TPSA) is 69.6 Å². The van der Waals surface area contributed by atoms with E-state index in [1.165, 1.54) is 14.2 Å². The minimum Gasteiger partial charge on any atom is -0.493 e. The van der Waals surface area contributed by atoms with Gasteiger partial charge in [0, 0.05) is 24.2 Å². The molecule has 26 heavy (non-hydrogen) atoms. The van der Waals surface area contributed by atoms with Gasteiger partial charge >= 0.3 is 0 Å². The number of nitrogens with zero attached hydrogens (tertiary/aromatic N) is 1. The zero-order valence-electron chi connectivity index (χ0n) is 16.4. The third kappa shape index (κ3) is 4.00. The number of ether oxygens (including phenoxy) is 2. The van der Waals surface area contributed by atoms with Gasteiger partial charge in [0.2, 0.25) is 0 Å². The van der Waals surface area contributed by atoms with Crippen LogP contribution in [-0.4, -0.2) is 30.7 Å². The van der Waals surface area contributed by atoms with E-state index in [-0.39, 0.29) is 23.4 Å². The van der Waals surface area contributed by atoms with Crippen molar-refractivity contribution in [3.05, 3.63) is 34.2 Å². The summed E-state index contributed by atoms with van der Waals surface area (Å²) in [6, 6.07) is 3.39. The molecule has 0 aliphatic rings. The molecule has 1 aromatic carbocycles. The van der Waals surface area contributed by atoms with Gasteiger partial charge in [-0.2, -0.15) is 0 Å². The second-order valence-electron chi connectivity index (χ2n) is 6.93. The van der Waals surface area contributed by atoms with Crippen molar-refractivity contribution in [1.29, 1.82) is 0 Å². The fourth-order valence-electron chi connectivity index (χ4n) is 2.83. The highest BCUT2D eigenvalue weighted by molar-refractivity contribution is 6.07. The van der Waals surface area contributed by atoms with Gasteiger partial charge in [-0.3, -0.25) is 9.59 Å². The second-order valence-corrected chi connectivity index (χ2v) is 6.93. The number of methoxy groups -OCH3 is 2. The number of carbonyl (C=O) groups excluding carboxylic acids is 1. The van der Waals surface area contributed by atoms with Crippen LogP contribution in [0.25, 0.3) is 10.8 Å². The molecule has 1 atom stereocenters. The molecule has 0 radical (unpaired) electrons. The third-order valence-corrected chi connectivity index (χ3v) is 4.39. The van der Waals surface area contributed by atoms with Gasteiger partial charge in [-0.1, -0.05) is 20.8 Å². The molecule has 6 nitrogen and oxygen atoms in total. The van der Waals surface area contributed by atoms with E-state index in [0.29, 0.717) is 34.4 Å². The largest absolute Gasteiger partial charge is 0.493 e. The lowest BCUT2D eigenvalue weighted by Gasteiger charge is -2.17. The molecule has 0 saturated carbocycles. The lowest BCUT2D eigenvalue weighted by atomic mass is 10.0. The van der Waals surface area contributed by atoms with Gasteiger partial charge in [-0.25, -0.2) is 0 Å². The van der Waals surface area contributed by atoms with Gasteiger partial charge in [-0.05, 0) is 31.4 Å². The number of hydrogen-bond acceptors (Lipinski definition) is 4. The van der Waals surface area contributed by atoms with E-state index in [1.54, 1.807) is 22.9 Å². The average molecular weight is 360 g/mol. The van der Waals surface area contributed by atoms with Crippen LogP contribution in [0.4, 0.5) is 0 Å². The Morgan fingerprint density at radius 1 is 1.12 bits per heavy atom. The summed E-state index contributed by atoms with van der Waals surface area (Å²) in [5, 5.41) is 3.99. The third-order valence-electron chi connectivity index (χ3n) is 4.39. The van der Waals surface area contributed by atoms with Crippen LogP contribution in [0.5, 0.6) is 11.5 Å². The molecule has 1 aromatic heterocycles. The van der Waals surface area contributed by atoms with Crippen molar-refractivity contribution in [3.63, 3.8) is 0 Å². The summed E-state index contributed by atoms with van der Waals surface area (Å²) >= 11 is 0. The van der Waals surface area contributed by atoms with Crippen molar-refractivity contribution in [2.75, 3.05) is 14.2 Å². The maximum absolute atomic E-state index is 12.9. The maximum Gasteiger partial charge on any atom is 0.258 e. The highest BCUT2D eigenvalue weighted by Crippen LogP contribution is 2.32. The first-order valence-corrected chi connectivity index (χ1v) is 8.92. The molecule has 6 heteroatoms. The van der Waals surface area contributed by atoms with Crippen molar-refractivity contribution in [2.45, 2.75) is 46.7 Å². The van der Waals surface area contributed by atoms with Gasteiger partial charge in [-0.15, -0.1) is 0 Å². The molecule has 1 amide bonds. The molecule has 0 aliphatic carbocycles. The van der Waals surface area contributed by atoms with Gasteiger partial charge in [0.1, 0.15) is 0 Å². The number of nitrogens with one attached hydrogen (secondary N) is 1. The molecule has 1 N–H and O–H groups in total. The second kappa shape index (κ2) is 8.25. The van der Waals surface area contributed by atoms with Crippen LogP contribution in [0.15, 0.2) is 23.1 Å². The Morgan fingerprint density at radius 2 is 1.69 bits per heavy atom. The van der Waals surface area contributed by atoms with Crippen LogP contribution < -0.4 is 20.3 Å². The van der Waals surface area contributed by atoms with E-state index in [2.05, 4.69) is 5.32 Å². The predicted octanol–water partition coefficient (Wildman–Crippen LogP) is 3.20. The summed E-state index contributed by atoms with van der Waals surface area (Å²) < 4.78 is 12.3. The van der Waals surface area contributed by atoms with E-state index in [0.717, 1.165) is 6.42 Å². The van der Waals surface area contributed by atoms with Crippen LogP contribution in [0.2, 0.25) is 0 Å². The normalized spacial score (nSPS) is 12.3. The molecule has 1 unspecified atom stereocenters. The fraction of sp³-hybridized carbons (Fsp3) is 0.500. The van der Waals surface area contributed by atoms with Crippen molar-refractivity contribution >= 4 is 16.7 Å². The van der Waals surface area contributed by atoms with Crippen molar-refractivity contribution in [3.8, 4) is 11.5 Å². The van der Waals surface area contributed by atoms with E-state index in [9.17, 15) is 9.59 Å². The Hall–Kier alpha value is -2.50. The number of rotatable bonds is 7. The van der Waals surface area contributed by atoms with Gasteiger partial charge in [0.05, 0.1) is 25.2 Å². The first-order chi connectivity index (χ1) is 12.3. The van der Waals surface area contributed by atoms with E-state index in [4.69, 9.17) is 9.47 Å².